The maximum atomic E-state index is 12.1. The summed E-state index contributed by atoms with van der Waals surface area (Å²) in [5.41, 5.74) is 7.63. The van der Waals surface area contributed by atoms with E-state index >= 15 is 0 Å². The van der Waals surface area contributed by atoms with Crippen LogP contribution in [0.4, 0.5) is 5.69 Å². The molecule has 2 aromatic rings. The maximum Gasteiger partial charge on any atom is 0.269 e. The third-order valence-corrected chi connectivity index (χ3v) is 4.41. The minimum Gasteiger partial charge on any atom is -0.494 e. The lowest BCUT2D eigenvalue weighted by atomic mass is 10.2. The average molecular weight is 383 g/mol. The molecule has 0 aromatic heterocycles. The number of benzene rings is 2. The van der Waals surface area contributed by atoms with Crippen LogP contribution in [0.15, 0.2) is 48.5 Å². The lowest BCUT2D eigenvalue weighted by molar-refractivity contribution is -0.122. The fraction of sp³-hybridized carbons (Fsp3) is 0.364. The van der Waals surface area contributed by atoms with Gasteiger partial charge in [-0.25, -0.2) is 0 Å². The Morgan fingerprint density at radius 1 is 0.929 bits per heavy atom. The van der Waals surface area contributed by atoms with Gasteiger partial charge < -0.3 is 9.64 Å². The number of nitrogens with zero attached hydrogens (tertiary/aromatic N) is 1. The molecule has 0 saturated heterocycles. The molecule has 0 bridgehead atoms. The fourth-order valence-electron chi connectivity index (χ4n) is 2.73. The molecular weight excluding hydrogens is 354 g/mol. The topological polar surface area (TPSA) is 70.7 Å². The van der Waals surface area contributed by atoms with Gasteiger partial charge in [-0.1, -0.05) is 17.7 Å². The molecule has 0 radical (unpaired) electrons. The van der Waals surface area contributed by atoms with Gasteiger partial charge >= 0.3 is 0 Å². The van der Waals surface area contributed by atoms with Crippen molar-refractivity contribution in [3.63, 3.8) is 0 Å². The minimum absolute atomic E-state index is 0.249. The first kappa shape index (κ1) is 21.3. The van der Waals surface area contributed by atoms with Crippen molar-refractivity contribution in [1.29, 1.82) is 0 Å². The lowest BCUT2D eigenvalue weighted by Gasteiger charge is -2.21. The van der Waals surface area contributed by atoms with Crippen LogP contribution in [0.2, 0.25) is 0 Å². The van der Waals surface area contributed by atoms with E-state index in [1.54, 1.807) is 12.1 Å². The van der Waals surface area contributed by atoms with Crippen LogP contribution in [0.25, 0.3) is 0 Å². The van der Waals surface area contributed by atoms with Gasteiger partial charge in [0.25, 0.3) is 5.91 Å². The first-order valence-electron chi connectivity index (χ1n) is 9.67. The van der Waals surface area contributed by atoms with Gasteiger partial charge in [0.15, 0.2) is 0 Å². The fourth-order valence-corrected chi connectivity index (χ4v) is 2.73. The third kappa shape index (κ3) is 6.61. The molecule has 0 aliphatic carbocycles. The van der Waals surface area contributed by atoms with Gasteiger partial charge in [-0.05, 0) is 63.6 Å². The van der Waals surface area contributed by atoms with Gasteiger partial charge in [-0.3, -0.25) is 20.4 Å². The highest BCUT2D eigenvalue weighted by atomic mass is 16.5. The first-order valence-corrected chi connectivity index (χ1v) is 9.67. The van der Waals surface area contributed by atoms with Crippen molar-refractivity contribution in [2.24, 2.45) is 0 Å². The van der Waals surface area contributed by atoms with Crippen LogP contribution in [-0.4, -0.2) is 31.5 Å². The van der Waals surface area contributed by atoms with Gasteiger partial charge in [0.05, 0.1) is 6.61 Å². The van der Waals surface area contributed by atoms with Crippen molar-refractivity contribution in [2.45, 2.75) is 33.6 Å². The standard InChI is InChI=1S/C22H29N3O3/c1-4-25(5-2)19-12-10-18(11-13-19)22(27)24-23-21(26)7-6-16-28-20-14-8-17(3)9-15-20/h8-15H,4-7,16H2,1-3H3,(H,23,26)(H,24,27). The molecule has 2 rings (SSSR count). The van der Waals surface area contributed by atoms with E-state index in [2.05, 4.69) is 29.6 Å². The van der Waals surface area contributed by atoms with E-state index in [1.165, 1.54) is 5.56 Å². The quantitative estimate of drug-likeness (QED) is 0.514. The highest BCUT2D eigenvalue weighted by Gasteiger charge is 2.09. The molecule has 28 heavy (non-hydrogen) atoms. The summed E-state index contributed by atoms with van der Waals surface area (Å²) in [6, 6.07) is 15.1. The summed E-state index contributed by atoms with van der Waals surface area (Å²) < 4.78 is 5.58. The van der Waals surface area contributed by atoms with Gasteiger partial charge in [-0.15, -0.1) is 0 Å². The first-order chi connectivity index (χ1) is 13.5. The molecular formula is C22H29N3O3. The Morgan fingerprint density at radius 2 is 1.57 bits per heavy atom. The minimum atomic E-state index is -0.338. The maximum absolute atomic E-state index is 12.1. The van der Waals surface area contributed by atoms with E-state index in [4.69, 9.17) is 4.74 Å². The number of hydrazine groups is 1. The van der Waals surface area contributed by atoms with Crippen LogP contribution in [0, 0.1) is 6.92 Å². The predicted octanol–water partition coefficient (Wildman–Crippen LogP) is 3.46. The molecule has 0 aliphatic rings. The summed E-state index contributed by atoms with van der Waals surface area (Å²) in [5, 5.41) is 0. The Bertz CT molecular complexity index is 754. The molecule has 0 atom stereocenters. The Kier molecular flexibility index (Phi) is 8.34. The molecule has 150 valence electrons. The van der Waals surface area contributed by atoms with Crippen LogP contribution in [-0.2, 0) is 4.79 Å². The second kappa shape index (κ2) is 11.0. The largest absolute Gasteiger partial charge is 0.494 e. The summed E-state index contributed by atoms with van der Waals surface area (Å²) in [6.07, 6.45) is 0.835. The van der Waals surface area contributed by atoms with Crippen LogP contribution in [0.3, 0.4) is 0 Å². The van der Waals surface area contributed by atoms with E-state index in [0.29, 0.717) is 18.6 Å². The second-order valence-electron chi connectivity index (χ2n) is 6.49. The third-order valence-electron chi connectivity index (χ3n) is 4.41. The van der Waals surface area contributed by atoms with E-state index < -0.39 is 0 Å². The van der Waals surface area contributed by atoms with Gasteiger partial charge in [0, 0.05) is 30.8 Å². The summed E-state index contributed by atoms with van der Waals surface area (Å²) in [5.74, 6) is 0.198. The van der Waals surface area contributed by atoms with Crippen molar-refractivity contribution in [3.8, 4) is 5.75 Å². The highest BCUT2D eigenvalue weighted by molar-refractivity contribution is 5.95. The van der Waals surface area contributed by atoms with Crippen molar-refractivity contribution in [1.82, 2.24) is 10.9 Å². The monoisotopic (exact) mass is 383 g/mol. The Labute approximate surface area is 166 Å². The van der Waals surface area contributed by atoms with Crippen LogP contribution < -0.4 is 20.5 Å². The van der Waals surface area contributed by atoms with Crippen molar-refractivity contribution >= 4 is 17.5 Å². The number of hydrogen-bond donors (Lipinski definition) is 2. The number of aryl methyl sites for hydroxylation is 1. The molecule has 0 heterocycles. The molecule has 2 aromatic carbocycles. The zero-order valence-electron chi connectivity index (χ0n) is 16.8. The van der Waals surface area contributed by atoms with Crippen LogP contribution in [0.5, 0.6) is 5.75 Å². The number of hydrogen-bond acceptors (Lipinski definition) is 4. The molecule has 0 fully saturated rings. The molecule has 0 saturated carbocycles. The zero-order chi connectivity index (χ0) is 20.4. The van der Waals surface area contributed by atoms with E-state index in [-0.39, 0.29) is 18.2 Å². The molecule has 0 aliphatic heterocycles. The Hall–Kier alpha value is -3.02. The summed E-state index contributed by atoms with van der Waals surface area (Å²) in [6.45, 7) is 8.45. The molecule has 0 spiro atoms. The number of nitrogens with one attached hydrogen (secondary N) is 2. The number of carbonyl (C=O) groups is 2. The smallest absolute Gasteiger partial charge is 0.269 e. The number of ether oxygens (including phenoxy) is 1. The number of amides is 2. The number of carbonyl (C=O) groups excluding carboxylic acids is 2. The van der Waals surface area contributed by atoms with Crippen LogP contribution >= 0.6 is 0 Å². The van der Waals surface area contributed by atoms with Crippen molar-refractivity contribution < 1.29 is 14.3 Å². The number of rotatable bonds is 9. The summed E-state index contributed by atoms with van der Waals surface area (Å²) >= 11 is 0. The van der Waals surface area contributed by atoms with E-state index in [9.17, 15) is 9.59 Å². The van der Waals surface area contributed by atoms with Crippen molar-refractivity contribution in [3.05, 3.63) is 59.7 Å². The van der Waals surface area contributed by atoms with Gasteiger partial charge in [0.1, 0.15) is 5.75 Å². The molecule has 2 amide bonds. The zero-order valence-corrected chi connectivity index (χ0v) is 16.8. The average Bonchev–Trinajstić information content (AvgIpc) is 2.72. The second-order valence-corrected chi connectivity index (χ2v) is 6.49. The Morgan fingerprint density at radius 3 is 2.18 bits per heavy atom. The molecule has 2 N–H and O–H groups in total. The molecule has 0 unspecified atom stereocenters. The lowest BCUT2D eigenvalue weighted by Crippen LogP contribution is -2.41. The Balaban J connectivity index is 1.68. The summed E-state index contributed by atoms with van der Waals surface area (Å²) in [7, 11) is 0. The normalized spacial score (nSPS) is 10.2. The van der Waals surface area contributed by atoms with Gasteiger partial charge in [0.2, 0.25) is 5.91 Å². The summed E-state index contributed by atoms with van der Waals surface area (Å²) in [4.78, 5) is 26.2. The van der Waals surface area contributed by atoms with E-state index in [1.807, 2.05) is 43.3 Å². The molecule has 6 heteroatoms. The van der Waals surface area contributed by atoms with Crippen molar-refractivity contribution in [2.75, 3.05) is 24.6 Å². The van der Waals surface area contributed by atoms with E-state index in [0.717, 1.165) is 24.5 Å². The van der Waals surface area contributed by atoms with Crippen LogP contribution in [0.1, 0.15) is 42.6 Å². The predicted molar refractivity (Wildman–Crippen MR) is 112 cm³/mol. The highest BCUT2D eigenvalue weighted by Crippen LogP contribution is 2.15. The molecule has 6 nitrogen and oxygen atoms in total. The number of anilines is 1. The van der Waals surface area contributed by atoms with Gasteiger partial charge in [-0.2, -0.15) is 0 Å². The SMILES string of the molecule is CCN(CC)c1ccc(C(=O)NNC(=O)CCCOc2ccc(C)cc2)cc1.